The fourth-order valence-corrected chi connectivity index (χ4v) is 3.68. The molecule has 28 heavy (non-hydrogen) atoms. The minimum atomic E-state index is -0.363. The number of ether oxygens (including phenoxy) is 1. The number of carbonyl (C=O) groups is 1. The summed E-state index contributed by atoms with van der Waals surface area (Å²) in [6.07, 6.45) is 0. The van der Waals surface area contributed by atoms with Crippen LogP contribution in [0.5, 0.6) is 5.75 Å². The molecule has 0 aliphatic rings. The number of methoxy groups -OCH3 is 1. The number of rotatable bonds is 6. The van der Waals surface area contributed by atoms with Crippen molar-refractivity contribution in [3.63, 3.8) is 0 Å². The molecule has 7 nitrogen and oxygen atoms in total. The van der Waals surface area contributed by atoms with E-state index in [1.165, 1.54) is 11.8 Å². The Morgan fingerprint density at radius 2 is 1.96 bits per heavy atom. The number of hydrogen-bond donors (Lipinski definition) is 2. The molecule has 1 amide bonds. The smallest absolute Gasteiger partial charge is 0.233 e. The molecular formula is C20H19N5O2S. The van der Waals surface area contributed by atoms with Crippen LogP contribution in [0.4, 0.5) is 0 Å². The van der Waals surface area contributed by atoms with Crippen molar-refractivity contribution < 1.29 is 9.53 Å². The van der Waals surface area contributed by atoms with Crippen LogP contribution in [0.3, 0.4) is 0 Å². The van der Waals surface area contributed by atoms with Gasteiger partial charge in [0, 0.05) is 23.0 Å². The molecule has 2 aromatic heterocycles. The van der Waals surface area contributed by atoms with E-state index in [9.17, 15) is 4.79 Å². The normalized spacial score (nSPS) is 12.2. The molecule has 1 atom stereocenters. The van der Waals surface area contributed by atoms with Gasteiger partial charge in [-0.1, -0.05) is 48.2 Å². The van der Waals surface area contributed by atoms with E-state index in [0.29, 0.717) is 17.3 Å². The Morgan fingerprint density at radius 1 is 1.18 bits per heavy atom. The second kappa shape index (κ2) is 7.85. The molecule has 1 unspecified atom stereocenters. The first kappa shape index (κ1) is 18.2. The molecule has 0 saturated carbocycles. The standard InChI is InChI=1S/C20H19N5O2S/c1-12(19(26)21-11-13-7-3-6-10-16(13)27-2)28-20-23-18-17(24-25-20)14-8-4-5-9-15(14)22-18/h3-10,12H,11H2,1-2H3,(H,21,26)(H,22,23,25). The fraction of sp³-hybridized carbons (Fsp3) is 0.200. The van der Waals surface area contributed by atoms with Crippen LogP contribution in [0.25, 0.3) is 22.1 Å². The van der Waals surface area contributed by atoms with Crippen molar-refractivity contribution in [1.82, 2.24) is 25.5 Å². The average Bonchev–Trinajstić information content (AvgIpc) is 3.09. The molecule has 4 rings (SSSR count). The molecule has 0 spiro atoms. The van der Waals surface area contributed by atoms with Crippen LogP contribution in [-0.2, 0) is 11.3 Å². The van der Waals surface area contributed by atoms with E-state index in [1.54, 1.807) is 7.11 Å². The van der Waals surface area contributed by atoms with E-state index in [0.717, 1.165) is 27.7 Å². The Bertz CT molecular complexity index is 1140. The Balaban J connectivity index is 1.44. The van der Waals surface area contributed by atoms with Crippen molar-refractivity contribution in [2.24, 2.45) is 0 Å². The first-order valence-corrected chi connectivity index (χ1v) is 9.71. The van der Waals surface area contributed by atoms with Gasteiger partial charge in [0.2, 0.25) is 11.1 Å². The van der Waals surface area contributed by atoms with Crippen LogP contribution in [0, 0.1) is 0 Å². The van der Waals surface area contributed by atoms with Gasteiger partial charge in [0.25, 0.3) is 0 Å². The lowest BCUT2D eigenvalue weighted by Gasteiger charge is -2.12. The molecule has 142 valence electrons. The second-order valence-corrected chi connectivity index (χ2v) is 7.56. The number of nitrogens with zero attached hydrogens (tertiary/aromatic N) is 3. The Labute approximate surface area is 165 Å². The van der Waals surface area contributed by atoms with Crippen molar-refractivity contribution in [2.75, 3.05) is 7.11 Å². The van der Waals surface area contributed by atoms with Crippen LogP contribution in [-0.4, -0.2) is 38.4 Å². The minimum Gasteiger partial charge on any atom is -0.496 e. The van der Waals surface area contributed by atoms with E-state index in [-0.39, 0.29) is 11.2 Å². The summed E-state index contributed by atoms with van der Waals surface area (Å²) in [6.45, 7) is 2.22. The second-order valence-electron chi connectivity index (χ2n) is 6.25. The molecule has 8 heteroatoms. The Kier molecular flexibility index (Phi) is 5.12. The number of hydrogen-bond acceptors (Lipinski definition) is 6. The van der Waals surface area contributed by atoms with Gasteiger partial charge < -0.3 is 15.0 Å². The topological polar surface area (TPSA) is 92.8 Å². The minimum absolute atomic E-state index is 0.101. The lowest BCUT2D eigenvalue weighted by atomic mass is 10.2. The third kappa shape index (κ3) is 3.63. The zero-order valence-electron chi connectivity index (χ0n) is 15.5. The lowest BCUT2D eigenvalue weighted by molar-refractivity contribution is -0.120. The van der Waals surface area contributed by atoms with Crippen molar-refractivity contribution in [2.45, 2.75) is 23.9 Å². The van der Waals surface area contributed by atoms with Gasteiger partial charge in [-0.05, 0) is 19.1 Å². The van der Waals surface area contributed by atoms with Gasteiger partial charge >= 0.3 is 0 Å². The van der Waals surface area contributed by atoms with Crippen LogP contribution in [0.15, 0.2) is 53.7 Å². The van der Waals surface area contributed by atoms with E-state index in [2.05, 4.69) is 25.5 Å². The number of thioether (sulfide) groups is 1. The van der Waals surface area contributed by atoms with Crippen molar-refractivity contribution >= 4 is 39.7 Å². The van der Waals surface area contributed by atoms with E-state index in [4.69, 9.17) is 4.74 Å². The molecule has 0 fully saturated rings. The Hall–Kier alpha value is -3.13. The predicted octanol–water partition coefficient (Wildman–Crippen LogP) is 3.31. The molecule has 0 saturated heterocycles. The highest BCUT2D eigenvalue weighted by atomic mass is 32.2. The maximum atomic E-state index is 12.5. The zero-order chi connectivity index (χ0) is 19.5. The number of H-pyrrole nitrogens is 1. The van der Waals surface area contributed by atoms with Crippen LogP contribution in [0.2, 0.25) is 0 Å². The molecule has 0 aliphatic carbocycles. The van der Waals surface area contributed by atoms with Crippen molar-refractivity contribution in [1.29, 1.82) is 0 Å². The largest absolute Gasteiger partial charge is 0.496 e. The lowest BCUT2D eigenvalue weighted by Crippen LogP contribution is -2.30. The number of nitrogens with one attached hydrogen (secondary N) is 2. The van der Waals surface area contributed by atoms with Gasteiger partial charge in [0.15, 0.2) is 5.65 Å². The molecule has 4 aromatic rings. The molecule has 0 bridgehead atoms. The maximum Gasteiger partial charge on any atom is 0.233 e. The van der Waals surface area contributed by atoms with Gasteiger partial charge in [0.05, 0.1) is 12.4 Å². The summed E-state index contributed by atoms with van der Waals surface area (Å²) in [5.41, 5.74) is 3.28. The SMILES string of the molecule is COc1ccccc1CNC(=O)C(C)Sc1nnc2c(n1)[nH]c1ccccc12. The number of para-hydroxylation sites is 2. The summed E-state index contributed by atoms with van der Waals surface area (Å²) in [4.78, 5) is 20.2. The quantitative estimate of drug-likeness (QED) is 0.488. The van der Waals surface area contributed by atoms with Crippen LogP contribution in [0.1, 0.15) is 12.5 Å². The van der Waals surface area contributed by atoms with Crippen LogP contribution < -0.4 is 10.1 Å². The summed E-state index contributed by atoms with van der Waals surface area (Å²) < 4.78 is 5.31. The number of aromatic amines is 1. The van der Waals surface area contributed by atoms with Gasteiger partial charge in [-0.2, -0.15) is 0 Å². The third-order valence-electron chi connectivity index (χ3n) is 4.40. The molecule has 0 aliphatic heterocycles. The van der Waals surface area contributed by atoms with Gasteiger partial charge in [-0.15, -0.1) is 10.2 Å². The summed E-state index contributed by atoms with van der Waals surface area (Å²) in [7, 11) is 1.61. The van der Waals surface area contributed by atoms with Gasteiger partial charge in [-0.3, -0.25) is 4.79 Å². The van der Waals surface area contributed by atoms with Gasteiger partial charge in [-0.25, -0.2) is 4.98 Å². The number of benzene rings is 2. The highest BCUT2D eigenvalue weighted by molar-refractivity contribution is 8.00. The van der Waals surface area contributed by atoms with Gasteiger partial charge in [0.1, 0.15) is 11.3 Å². The maximum absolute atomic E-state index is 12.5. The molecule has 0 radical (unpaired) electrons. The zero-order valence-corrected chi connectivity index (χ0v) is 16.3. The highest BCUT2D eigenvalue weighted by Crippen LogP contribution is 2.25. The van der Waals surface area contributed by atoms with E-state index >= 15 is 0 Å². The molecule has 2 aromatic carbocycles. The molecule has 2 N–H and O–H groups in total. The van der Waals surface area contributed by atoms with E-state index in [1.807, 2.05) is 55.5 Å². The number of amides is 1. The highest BCUT2D eigenvalue weighted by Gasteiger charge is 2.18. The number of aromatic nitrogens is 4. The predicted molar refractivity (Wildman–Crippen MR) is 109 cm³/mol. The molecule has 2 heterocycles. The average molecular weight is 393 g/mol. The van der Waals surface area contributed by atoms with E-state index < -0.39 is 0 Å². The summed E-state index contributed by atoms with van der Waals surface area (Å²) in [5, 5.41) is 12.5. The summed E-state index contributed by atoms with van der Waals surface area (Å²) in [6, 6.07) is 15.5. The Morgan fingerprint density at radius 3 is 2.82 bits per heavy atom. The monoisotopic (exact) mass is 393 g/mol. The van der Waals surface area contributed by atoms with Crippen molar-refractivity contribution in [3.05, 3.63) is 54.1 Å². The fourth-order valence-electron chi connectivity index (χ4n) is 2.94. The number of fused-ring (bicyclic) bond motifs is 3. The summed E-state index contributed by atoms with van der Waals surface area (Å²) in [5.74, 6) is 0.649. The third-order valence-corrected chi connectivity index (χ3v) is 5.35. The van der Waals surface area contributed by atoms with Crippen LogP contribution >= 0.6 is 11.8 Å². The summed E-state index contributed by atoms with van der Waals surface area (Å²) >= 11 is 1.27. The first-order valence-electron chi connectivity index (χ1n) is 8.83. The van der Waals surface area contributed by atoms with Crippen molar-refractivity contribution in [3.8, 4) is 5.75 Å². The molecular weight excluding hydrogens is 374 g/mol. The first-order chi connectivity index (χ1) is 13.7. The number of carbonyl (C=O) groups excluding carboxylic acids is 1.